The highest BCUT2D eigenvalue weighted by Gasteiger charge is 2.18. The molecule has 2 aromatic carbocycles. The number of carbonyl (C=O) groups excluding carboxylic acids is 1. The molecule has 0 bridgehead atoms. The maximum absolute atomic E-state index is 12.5. The lowest BCUT2D eigenvalue weighted by Gasteiger charge is -2.20. The molecule has 0 aliphatic rings. The molecule has 1 N–H and O–H groups in total. The molecule has 0 spiro atoms. The van der Waals surface area contributed by atoms with Gasteiger partial charge in [0.15, 0.2) is 6.10 Å². The lowest BCUT2D eigenvalue weighted by atomic mass is 10.0. The van der Waals surface area contributed by atoms with Gasteiger partial charge < -0.3 is 10.1 Å². The molecule has 4 heteroatoms. The van der Waals surface area contributed by atoms with Gasteiger partial charge in [0.1, 0.15) is 5.75 Å². The van der Waals surface area contributed by atoms with E-state index in [0.717, 1.165) is 21.7 Å². The SMILES string of the molecule is Cc1ccc([C@@H](C)NC(=O)[C@H](C)Oc2cc(C)c(Cl)c(C)c2)cc1C. The molecule has 0 aliphatic carbocycles. The third kappa shape index (κ3) is 4.76. The van der Waals surface area contributed by atoms with Crippen molar-refractivity contribution in [2.24, 2.45) is 0 Å². The normalized spacial score (nSPS) is 13.2. The Morgan fingerprint density at radius 2 is 1.56 bits per heavy atom. The summed E-state index contributed by atoms with van der Waals surface area (Å²) in [5.41, 5.74) is 5.42. The number of amides is 1. The molecule has 2 rings (SSSR count). The average molecular weight is 360 g/mol. The third-order valence-corrected chi connectivity index (χ3v) is 5.08. The second-order valence-corrected chi connectivity index (χ2v) is 7.08. The zero-order valence-electron chi connectivity index (χ0n) is 15.7. The van der Waals surface area contributed by atoms with Crippen LogP contribution in [0, 0.1) is 27.7 Å². The second-order valence-electron chi connectivity index (χ2n) is 6.71. The first kappa shape index (κ1) is 19.3. The van der Waals surface area contributed by atoms with E-state index in [2.05, 4.69) is 31.3 Å². The predicted molar refractivity (Wildman–Crippen MR) is 103 cm³/mol. The molecule has 0 saturated carbocycles. The summed E-state index contributed by atoms with van der Waals surface area (Å²) in [4.78, 5) is 12.5. The molecule has 134 valence electrons. The summed E-state index contributed by atoms with van der Waals surface area (Å²) in [6, 6.07) is 9.86. The van der Waals surface area contributed by atoms with Gasteiger partial charge in [-0.05, 0) is 81.5 Å². The number of halogens is 1. The van der Waals surface area contributed by atoms with E-state index >= 15 is 0 Å². The topological polar surface area (TPSA) is 38.3 Å². The maximum atomic E-state index is 12.5. The van der Waals surface area contributed by atoms with E-state index in [1.807, 2.05) is 39.0 Å². The number of hydrogen-bond donors (Lipinski definition) is 1. The van der Waals surface area contributed by atoms with Gasteiger partial charge in [0, 0.05) is 5.02 Å². The highest BCUT2D eigenvalue weighted by Crippen LogP contribution is 2.26. The van der Waals surface area contributed by atoms with Gasteiger partial charge in [-0.15, -0.1) is 0 Å². The fraction of sp³-hybridized carbons (Fsp3) is 0.381. The van der Waals surface area contributed by atoms with Gasteiger partial charge in [-0.1, -0.05) is 29.8 Å². The van der Waals surface area contributed by atoms with Crippen molar-refractivity contribution < 1.29 is 9.53 Å². The minimum absolute atomic E-state index is 0.0773. The first-order valence-electron chi connectivity index (χ1n) is 8.50. The monoisotopic (exact) mass is 359 g/mol. The van der Waals surface area contributed by atoms with Crippen LogP contribution < -0.4 is 10.1 Å². The smallest absolute Gasteiger partial charge is 0.261 e. The molecule has 2 atom stereocenters. The molecule has 0 aliphatic heterocycles. The van der Waals surface area contributed by atoms with Crippen molar-refractivity contribution in [1.82, 2.24) is 5.32 Å². The first-order chi connectivity index (χ1) is 11.7. The Kier molecular flexibility index (Phi) is 6.12. The van der Waals surface area contributed by atoms with E-state index in [-0.39, 0.29) is 11.9 Å². The van der Waals surface area contributed by atoms with Crippen LogP contribution in [-0.4, -0.2) is 12.0 Å². The molecule has 1 amide bonds. The average Bonchev–Trinajstić information content (AvgIpc) is 2.54. The van der Waals surface area contributed by atoms with Crippen LogP contribution in [0.5, 0.6) is 5.75 Å². The summed E-state index contributed by atoms with van der Waals surface area (Å²) in [7, 11) is 0. The van der Waals surface area contributed by atoms with Gasteiger partial charge in [-0.25, -0.2) is 0 Å². The summed E-state index contributed by atoms with van der Waals surface area (Å²) in [6.45, 7) is 11.7. The molecular formula is C21H26ClNO2. The van der Waals surface area contributed by atoms with Crippen molar-refractivity contribution in [2.75, 3.05) is 0 Å². The molecular weight excluding hydrogens is 334 g/mol. The summed E-state index contributed by atoms with van der Waals surface area (Å²) >= 11 is 6.17. The van der Waals surface area contributed by atoms with Crippen LogP contribution in [0.3, 0.4) is 0 Å². The Morgan fingerprint density at radius 1 is 0.960 bits per heavy atom. The lowest BCUT2D eigenvalue weighted by Crippen LogP contribution is -2.37. The number of carbonyl (C=O) groups is 1. The summed E-state index contributed by atoms with van der Waals surface area (Å²) in [5, 5.41) is 3.74. The number of ether oxygens (including phenoxy) is 1. The van der Waals surface area contributed by atoms with Crippen LogP contribution >= 0.6 is 11.6 Å². The Hall–Kier alpha value is -2.00. The van der Waals surface area contributed by atoms with Gasteiger partial charge in [0.2, 0.25) is 0 Å². The molecule has 0 fully saturated rings. The number of rotatable bonds is 5. The molecule has 0 saturated heterocycles. The lowest BCUT2D eigenvalue weighted by molar-refractivity contribution is -0.127. The van der Waals surface area contributed by atoms with Gasteiger partial charge in [-0.3, -0.25) is 4.79 Å². The highest BCUT2D eigenvalue weighted by atomic mass is 35.5. The van der Waals surface area contributed by atoms with Crippen LogP contribution in [-0.2, 0) is 4.79 Å². The molecule has 0 aromatic heterocycles. The zero-order chi connectivity index (χ0) is 18.7. The van der Waals surface area contributed by atoms with Gasteiger partial charge in [-0.2, -0.15) is 0 Å². The first-order valence-corrected chi connectivity index (χ1v) is 8.87. The van der Waals surface area contributed by atoms with Gasteiger partial charge in [0.05, 0.1) is 6.04 Å². The van der Waals surface area contributed by atoms with Crippen LogP contribution in [0.25, 0.3) is 0 Å². The fourth-order valence-corrected chi connectivity index (χ4v) is 2.79. The van der Waals surface area contributed by atoms with Crippen molar-refractivity contribution in [1.29, 1.82) is 0 Å². The van der Waals surface area contributed by atoms with Crippen molar-refractivity contribution in [3.8, 4) is 5.75 Å². The van der Waals surface area contributed by atoms with Gasteiger partial charge in [0.25, 0.3) is 5.91 Å². The standard InChI is InChI=1S/C21H26ClNO2/c1-12-7-8-18(9-13(12)2)16(5)23-21(24)17(6)25-19-10-14(3)20(22)15(4)11-19/h7-11,16-17H,1-6H3,(H,23,24)/t16-,17+/m1/s1. The Bertz CT molecular complexity index is 762. The van der Waals surface area contributed by atoms with E-state index in [0.29, 0.717) is 5.75 Å². The van der Waals surface area contributed by atoms with Crippen LogP contribution in [0.1, 0.15) is 47.7 Å². The van der Waals surface area contributed by atoms with Crippen molar-refractivity contribution in [3.05, 3.63) is 63.2 Å². The number of aryl methyl sites for hydroxylation is 4. The van der Waals surface area contributed by atoms with E-state index in [1.54, 1.807) is 6.92 Å². The Balaban J connectivity index is 2.03. The van der Waals surface area contributed by atoms with Crippen molar-refractivity contribution in [2.45, 2.75) is 53.7 Å². The molecule has 3 nitrogen and oxygen atoms in total. The number of benzene rings is 2. The number of hydrogen-bond acceptors (Lipinski definition) is 2. The molecule has 0 radical (unpaired) electrons. The summed E-state index contributed by atoms with van der Waals surface area (Å²) in [5.74, 6) is 0.511. The zero-order valence-corrected chi connectivity index (χ0v) is 16.5. The Morgan fingerprint density at radius 3 is 2.12 bits per heavy atom. The maximum Gasteiger partial charge on any atom is 0.261 e. The van der Waals surface area contributed by atoms with Crippen LogP contribution in [0.2, 0.25) is 5.02 Å². The van der Waals surface area contributed by atoms with E-state index in [9.17, 15) is 4.79 Å². The van der Waals surface area contributed by atoms with Crippen molar-refractivity contribution in [3.63, 3.8) is 0 Å². The highest BCUT2D eigenvalue weighted by molar-refractivity contribution is 6.32. The molecule has 0 unspecified atom stereocenters. The Labute approximate surface area is 155 Å². The van der Waals surface area contributed by atoms with Crippen molar-refractivity contribution >= 4 is 17.5 Å². The van der Waals surface area contributed by atoms with E-state index in [1.165, 1.54) is 11.1 Å². The van der Waals surface area contributed by atoms with Gasteiger partial charge >= 0.3 is 0 Å². The van der Waals surface area contributed by atoms with E-state index < -0.39 is 6.10 Å². The minimum Gasteiger partial charge on any atom is -0.481 e. The number of nitrogens with one attached hydrogen (secondary N) is 1. The largest absolute Gasteiger partial charge is 0.481 e. The molecule has 0 heterocycles. The van der Waals surface area contributed by atoms with Crippen LogP contribution in [0.15, 0.2) is 30.3 Å². The minimum atomic E-state index is -0.589. The van der Waals surface area contributed by atoms with E-state index in [4.69, 9.17) is 16.3 Å². The second kappa shape index (κ2) is 7.92. The fourth-order valence-electron chi connectivity index (χ4n) is 2.68. The predicted octanol–water partition coefficient (Wildman–Crippen LogP) is 5.22. The summed E-state index contributed by atoms with van der Waals surface area (Å²) in [6.07, 6.45) is -0.589. The third-order valence-electron chi connectivity index (χ3n) is 4.48. The molecule has 2 aromatic rings. The quantitative estimate of drug-likeness (QED) is 0.794. The summed E-state index contributed by atoms with van der Waals surface area (Å²) < 4.78 is 5.80. The molecule has 25 heavy (non-hydrogen) atoms. The van der Waals surface area contributed by atoms with Crippen LogP contribution in [0.4, 0.5) is 0 Å².